The molecule has 0 amide bonds. The molecule has 0 aromatic rings. The highest BCUT2D eigenvalue weighted by Gasteiger charge is 1.92. The first-order chi connectivity index (χ1) is 8.41. The third kappa shape index (κ3) is 15.9. The number of aliphatic hydroxyl groups excluding tert-OH is 1. The van der Waals surface area contributed by atoms with Crippen molar-refractivity contribution in [1.82, 2.24) is 5.32 Å². The molecule has 104 valence electrons. The van der Waals surface area contributed by atoms with E-state index in [1.807, 2.05) is 0 Å². The molecule has 3 nitrogen and oxygen atoms in total. The molecule has 0 aliphatic heterocycles. The van der Waals surface area contributed by atoms with E-state index in [4.69, 9.17) is 10.8 Å². The molecule has 0 aliphatic carbocycles. The van der Waals surface area contributed by atoms with Crippen LogP contribution >= 0.6 is 0 Å². The summed E-state index contributed by atoms with van der Waals surface area (Å²) in [5.74, 6) is 0. The first kappa shape index (κ1) is 16.9. The third-order valence-corrected chi connectivity index (χ3v) is 3.10. The predicted octanol–water partition coefficient (Wildman–Crippen LogP) is 2.43. The molecule has 4 N–H and O–H groups in total. The third-order valence-electron chi connectivity index (χ3n) is 3.10. The summed E-state index contributed by atoms with van der Waals surface area (Å²) in [6.45, 7) is 2.90. The van der Waals surface area contributed by atoms with E-state index >= 15 is 0 Å². The first-order valence-corrected chi connectivity index (χ1v) is 7.43. The van der Waals surface area contributed by atoms with Crippen LogP contribution in [0.2, 0.25) is 0 Å². The highest BCUT2D eigenvalue weighted by molar-refractivity contribution is 4.50. The second-order valence-corrected chi connectivity index (χ2v) is 4.80. The molecule has 0 rings (SSSR count). The molecule has 0 aromatic carbocycles. The Bertz CT molecular complexity index is 117. The number of rotatable bonds is 14. The van der Waals surface area contributed by atoms with Crippen LogP contribution < -0.4 is 11.1 Å². The van der Waals surface area contributed by atoms with E-state index in [0.717, 1.165) is 19.6 Å². The Labute approximate surface area is 107 Å². The van der Waals surface area contributed by atoms with Crippen LogP contribution in [0.3, 0.4) is 0 Å². The number of aliphatic hydroxyl groups is 1. The minimum atomic E-state index is 0.254. The van der Waals surface area contributed by atoms with Crippen molar-refractivity contribution >= 4 is 0 Å². The van der Waals surface area contributed by atoms with Gasteiger partial charge in [0.15, 0.2) is 0 Å². The zero-order valence-corrected chi connectivity index (χ0v) is 11.4. The number of nitrogens with one attached hydrogen (secondary N) is 1. The van der Waals surface area contributed by atoms with Crippen LogP contribution in [0.1, 0.15) is 64.2 Å². The van der Waals surface area contributed by atoms with Gasteiger partial charge in [-0.2, -0.15) is 0 Å². The molecule has 0 unspecified atom stereocenters. The minimum absolute atomic E-state index is 0.254. The second kappa shape index (κ2) is 15.9. The molecule has 0 aromatic heterocycles. The van der Waals surface area contributed by atoms with E-state index in [2.05, 4.69) is 5.32 Å². The van der Waals surface area contributed by atoms with Crippen molar-refractivity contribution in [3.63, 3.8) is 0 Å². The van der Waals surface area contributed by atoms with Gasteiger partial charge in [0.1, 0.15) is 0 Å². The van der Waals surface area contributed by atoms with Crippen LogP contribution in [0.5, 0.6) is 0 Å². The molecule has 0 saturated heterocycles. The number of unbranched alkanes of at least 4 members (excludes halogenated alkanes) is 9. The molecule has 0 aliphatic rings. The van der Waals surface area contributed by atoms with Gasteiger partial charge in [0.05, 0.1) is 6.61 Å². The summed E-state index contributed by atoms with van der Waals surface area (Å²) in [6.07, 6.45) is 13.4. The lowest BCUT2D eigenvalue weighted by Gasteiger charge is -2.03. The fourth-order valence-corrected chi connectivity index (χ4v) is 2.01. The van der Waals surface area contributed by atoms with Gasteiger partial charge in [-0.15, -0.1) is 0 Å². The lowest BCUT2D eigenvalue weighted by atomic mass is 10.1. The maximum Gasteiger partial charge on any atom is 0.0555 e. The van der Waals surface area contributed by atoms with E-state index in [9.17, 15) is 0 Å². The normalized spacial score (nSPS) is 10.9. The van der Waals surface area contributed by atoms with Gasteiger partial charge >= 0.3 is 0 Å². The van der Waals surface area contributed by atoms with Crippen molar-refractivity contribution in [2.75, 3.05) is 26.2 Å². The van der Waals surface area contributed by atoms with Crippen molar-refractivity contribution in [3.05, 3.63) is 0 Å². The fraction of sp³-hybridized carbons (Fsp3) is 1.00. The molecule has 0 bridgehead atoms. The average molecular weight is 244 g/mol. The maximum atomic E-state index is 8.57. The lowest BCUT2D eigenvalue weighted by Crippen LogP contribution is -2.19. The highest BCUT2D eigenvalue weighted by atomic mass is 16.3. The number of hydrogen-bond acceptors (Lipinski definition) is 3. The van der Waals surface area contributed by atoms with Crippen LogP contribution in [0.15, 0.2) is 0 Å². The molecule has 17 heavy (non-hydrogen) atoms. The Balaban J connectivity index is 2.85. The second-order valence-electron chi connectivity index (χ2n) is 4.80. The summed E-state index contributed by atoms with van der Waals surface area (Å²) in [4.78, 5) is 0. The smallest absolute Gasteiger partial charge is 0.0555 e. The van der Waals surface area contributed by atoms with Gasteiger partial charge in [-0.25, -0.2) is 0 Å². The lowest BCUT2D eigenvalue weighted by molar-refractivity contribution is 0.292. The summed E-state index contributed by atoms with van der Waals surface area (Å²) in [5.41, 5.74) is 5.45. The Morgan fingerprint density at radius 2 is 1.12 bits per heavy atom. The average Bonchev–Trinajstić information content (AvgIpc) is 2.35. The minimum Gasteiger partial charge on any atom is -0.395 e. The van der Waals surface area contributed by atoms with Gasteiger partial charge in [-0.3, -0.25) is 0 Å². The number of hydrogen-bond donors (Lipinski definition) is 3. The molecular weight excluding hydrogens is 212 g/mol. The van der Waals surface area contributed by atoms with E-state index < -0.39 is 0 Å². The zero-order valence-electron chi connectivity index (χ0n) is 11.4. The van der Waals surface area contributed by atoms with Crippen LogP contribution in [0.4, 0.5) is 0 Å². The van der Waals surface area contributed by atoms with Crippen molar-refractivity contribution < 1.29 is 5.11 Å². The topological polar surface area (TPSA) is 58.3 Å². The Morgan fingerprint density at radius 1 is 0.647 bits per heavy atom. The summed E-state index contributed by atoms with van der Waals surface area (Å²) >= 11 is 0. The summed E-state index contributed by atoms with van der Waals surface area (Å²) in [6, 6.07) is 0. The molecule has 0 atom stereocenters. The van der Waals surface area contributed by atoms with Crippen LogP contribution in [-0.4, -0.2) is 31.3 Å². The molecule has 3 heteroatoms. The Morgan fingerprint density at radius 3 is 1.59 bits per heavy atom. The van der Waals surface area contributed by atoms with Crippen LogP contribution in [0, 0.1) is 0 Å². The van der Waals surface area contributed by atoms with Crippen molar-refractivity contribution in [1.29, 1.82) is 0 Å². The van der Waals surface area contributed by atoms with E-state index in [0.29, 0.717) is 0 Å². The molecule has 0 heterocycles. The zero-order chi connectivity index (χ0) is 12.6. The Kier molecular flexibility index (Phi) is 15.8. The summed E-state index contributed by atoms with van der Waals surface area (Å²) in [5, 5.41) is 11.8. The van der Waals surface area contributed by atoms with E-state index in [1.54, 1.807) is 0 Å². The molecule has 0 saturated carbocycles. The summed E-state index contributed by atoms with van der Waals surface area (Å²) < 4.78 is 0. The van der Waals surface area contributed by atoms with Gasteiger partial charge in [0.25, 0.3) is 0 Å². The van der Waals surface area contributed by atoms with Gasteiger partial charge in [0, 0.05) is 6.54 Å². The molecule has 0 radical (unpaired) electrons. The van der Waals surface area contributed by atoms with Gasteiger partial charge in [0.2, 0.25) is 0 Å². The molecular formula is C14H32N2O. The predicted molar refractivity (Wildman–Crippen MR) is 75.2 cm³/mol. The molecule has 0 spiro atoms. The molecule has 0 fully saturated rings. The van der Waals surface area contributed by atoms with Crippen LogP contribution in [-0.2, 0) is 0 Å². The first-order valence-electron chi connectivity index (χ1n) is 7.43. The quantitative estimate of drug-likeness (QED) is 0.411. The van der Waals surface area contributed by atoms with Gasteiger partial charge in [-0.05, 0) is 25.9 Å². The number of nitrogens with two attached hydrogens (primary N) is 1. The fourth-order valence-electron chi connectivity index (χ4n) is 2.01. The monoisotopic (exact) mass is 244 g/mol. The largest absolute Gasteiger partial charge is 0.395 e. The standard InChI is InChI=1S/C14H32N2O/c15-11-9-7-5-3-1-2-4-6-8-10-12-16-13-14-17/h16-17H,1-15H2. The van der Waals surface area contributed by atoms with Crippen molar-refractivity contribution in [3.8, 4) is 0 Å². The summed E-state index contributed by atoms with van der Waals surface area (Å²) in [7, 11) is 0. The van der Waals surface area contributed by atoms with Gasteiger partial charge < -0.3 is 16.2 Å². The van der Waals surface area contributed by atoms with Crippen LogP contribution in [0.25, 0.3) is 0 Å². The van der Waals surface area contributed by atoms with E-state index in [-0.39, 0.29) is 6.61 Å². The SMILES string of the molecule is NCCCCCCCCCCCCNCCO. The maximum absolute atomic E-state index is 8.57. The van der Waals surface area contributed by atoms with Crippen molar-refractivity contribution in [2.45, 2.75) is 64.2 Å². The van der Waals surface area contributed by atoms with Gasteiger partial charge in [-0.1, -0.05) is 51.4 Å². The highest BCUT2D eigenvalue weighted by Crippen LogP contribution is 2.10. The van der Waals surface area contributed by atoms with Crippen molar-refractivity contribution in [2.24, 2.45) is 5.73 Å². The van der Waals surface area contributed by atoms with E-state index in [1.165, 1.54) is 64.2 Å². The Hall–Kier alpha value is -0.120.